The molecule has 1 amide bonds. The van der Waals surface area contributed by atoms with Gasteiger partial charge in [-0.2, -0.15) is 0 Å². The number of rotatable bonds is 3. The van der Waals surface area contributed by atoms with E-state index in [0.717, 1.165) is 32.4 Å². The molecule has 1 unspecified atom stereocenters. The Morgan fingerprint density at radius 2 is 1.95 bits per heavy atom. The van der Waals surface area contributed by atoms with Gasteiger partial charge in [0.15, 0.2) is 6.10 Å². The minimum atomic E-state index is -0.841. The van der Waals surface area contributed by atoms with E-state index >= 15 is 0 Å². The van der Waals surface area contributed by atoms with Crippen molar-refractivity contribution in [1.29, 1.82) is 0 Å². The fourth-order valence-electron chi connectivity index (χ4n) is 2.40. The van der Waals surface area contributed by atoms with Crippen molar-refractivity contribution in [3.05, 3.63) is 28.8 Å². The van der Waals surface area contributed by atoms with Gasteiger partial charge in [-0.25, -0.2) is 4.79 Å². The second kappa shape index (κ2) is 6.80. The fraction of sp³-hybridized carbons (Fsp3) is 0.467. The van der Waals surface area contributed by atoms with Crippen molar-refractivity contribution in [2.75, 3.05) is 18.8 Å². The highest BCUT2D eigenvalue weighted by molar-refractivity contribution is 6.34. The molecule has 1 atom stereocenters. The number of nitrogens with two attached hydrogens (primary N) is 1. The standard InChI is InChI=1S/C15H19ClN2O3/c1-10(14(19)18-8-3-2-4-9-18)21-15(20)13-11(16)6-5-7-12(13)17/h5-7,10H,2-4,8-9,17H2,1H3. The van der Waals surface area contributed by atoms with Gasteiger partial charge >= 0.3 is 5.97 Å². The van der Waals surface area contributed by atoms with Crippen molar-refractivity contribution >= 4 is 29.2 Å². The Morgan fingerprint density at radius 1 is 1.29 bits per heavy atom. The van der Waals surface area contributed by atoms with Crippen LogP contribution in [0.4, 0.5) is 5.69 Å². The first-order valence-corrected chi connectivity index (χ1v) is 7.42. The Bertz CT molecular complexity index is 521. The van der Waals surface area contributed by atoms with E-state index in [2.05, 4.69) is 0 Å². The lowest BCUT2D eigenvalue weighted by Crippen LogP contribution is -2.42. The Kier molecular flexibility index (Phi) is 5.07. The number of hydrogen-bond donors (Lipinski definition) is 1. The summed E-state index contributed by atoms with van der Waals surface area (Å²) in [7, 11) is 0. The van der Waals surface area contributed by atoms with Crippen LogP contribution in [-0.2, 0) is 9.53 Å². The highest BCUT2D eigenvalue weighted by Gasteiger charge is 2.26. The molecule has 1 heterocycles. The highest BCUT2D eigenvalue weighted by Crippen LogP contribution is 2.23. The Morgan fingerprint density at radius 3 is 2.57 bits per heavy atom. The molecule has 114 valence electrons. The first-order chi connectivity index (χ1) is 10.0. The summed E-state index contributed by atoms with van der Waals surface area (Å²) in [5.74, 6) is -0.843. The van der Waals surface area contributed by atoms with Gasteiger partial charge in [0.1, 0.15) is 5.56 Å². The van der Waals surface area contributed by atoms with Crippen LogP contribution in [-0.4, -0.2) is 36.0 Å². The van der Waals surface area contributed by atoms with Gasteiger partial charge in [0, 0.05) is 18.8 Å². The van der Waals surface area contributed by atoms with Gasteiger partial charge < -0.3 is 15.4 Å². The third kappa shape index (κ3) is 3.67. The third-order valence-electron chi connectivity index (χ3n) is 3.55. The van der Waals surface area contributed by atoms with Gasteiger partial charge in [-0.3, -0.25) is 4.79 Å². The first kappa shape index (κ1) is 15.6. The molecule has 1 aromatic carbocycles. The second-order valence-corrected chi connectivity index (χ2v) is 5.54. The lowest BCUT2D eigenvalue weighted by Gasteiger charge is -2.29. The molecule has 0 aliphatic carbocycles. The maximum absolute atomic E-state index is 12.2. The molecule has 1 aliphatic heterocycles. The number of nitrogen functional groups attached to an aromatic ring is 1. The predicted octanol–water partition coefficient (Wildman–Crippen LogP) is 2.48. The van der Waals surface area contributed by atoms with E-state index in [1.165, 1.54) is 0 Å². The van der Waals surface area contributed by atoms with E-state index in [1.807, 2.05) is 0 Å². The number of anilines is 1. The highest BCUT2D eigenvalue weighted by atomic mass is 35.5. The number of piperidine rings is 1. The van der Waals surface area contributed by atoms with Crippen LogP contribution < -0.4 is 5.73 Å². The molecule has 2 N–H and O–H groups in total. The summed E-state index contributed by atoms with van der Waals surface area (Å²) in [5, 5.41) is 0.220. The maximum Gasteiger partial charge on any atom is 0.342 e. The van der Waals surface area contributed by atoms with Crippen molar-refractivity contribution in [3.8, 4) is 0 Å². The number of carbonyl (C=O) groups is 2. The zero-order valence-electron chi connectivity index (χ0n) is 12.0. The van der Waals surface area contributed by atoms with E-state index in [-0.39, 0.29) is 22.2 Å². The average molecular weight is 311 g/mol. The normalized spacial score (nSPS) is 16.4. The smallest absolute Gasteiger partial charge is 0.342 e. The number of hydrogen-bond acceptors (Lipinski definition) is 4. The molecule has 0 aromatic heterocycles. The fourth-order valence-corrected chi connectivity index (χ4v) is 2.66. The van der Waals surface area contributed by atoms with Crippen molar-refractivity contribution in [2.45, 2.75) is 32.3 Å². The Hall–Kier alpha value is -1.75. The van der Waals surface area contributed by atoms with E-state index < -0.39 is 12.1 Å². The topological polar surface area (TPSA) is 72.6 Å². The zero-order valence-corrected chi connectivity index (χ0v) is 12.7. The summed E-state index contributed by atoms with van der Waals surface area (Å²) >= 11 is 5.96. The van der Waals surface area contributed by atoms with E-state index in [0.29, 0.717) is 0 Å². The van der Waals surface area contributed by atoms with Crippen LogP contribution in [0.1, 0.15) is 36.5 Å². The molecule has 5 nitrogen and oxygen atoms in total. The summed E-state index contributed by atoms with van der Waals surface area (Å²) in [6.07, 6.45) is 2.27. The number of benzene rings is 1. The predicted molar refractivity (Wildman–Crippen MR) is 81.2 cm³/mol. The Balaban J connectivity index is 2.03. The largest absolute Gasteiger partial charge is 0.449 e. The molecule has 21 heavy (non-hydrogen) atoms. The molecule has 0 saturated carbocycles. The van der Waals surface area contributed by atoms with Crippen LogP contribution in [0.15, 0.2) is 18.2 Å². The maximum atomic E-state index is 12.2. The van der Waals surface area contributed by atoms with Gasteiger partial charge in [-0.1, -0.05) is 17.7 Å². The summed E-state index contributed by atoms with van der Waals surface area (Å²) in [5.41, 5.74) is 6.09. The summed E-state index contributed by atoms with van der Waals surface area (Å²) < 4.78 is 5.22. The van der Waals surface area contributed by atoms with Crippen molar-refractivity contribution in [2.24, 2.45) is 0 Å². The number of likely N-dealkylation sites (tertiary alicyclic amines) is 1. The van der Waals surface area contributed by atoms with Gasteiger partial charge in [0.05, 0.1) is 5.02 Å². The van der Waals surface area contributed by atoms with E-state index in [9.17, 15) is 9.59 Å². The monoisotopic (exact) mass is 310 g/mol. The van der Waals surface area contributed by atoms with Crippen LogP contribution in [0.25, 0.3) is 0 Å². The van der Waals surface area contributed by atoms with Crippen LogP contribution in [0.2, 0.25) is 5.02 Å². The third-order valence-corrected chi connectivity index (χ3v) is 3.86. The minimum Gasteiger partial charge on any atom is -0.449 e. The van der Waals surface area contributed by atoms with Crippen LogP contribution >= 0.6 is 11.6 Å². The van der Waals surface area contributed by atoms with Crippen molar-refractivity contribution in [1.82, 2.24) is 4.90 Å². The van der Waals surface area contributed by atoms with Gasteiger partial charge in [-0.05, 0) is 38.3 Å². The van der Waals surface area contributed by atoms with Crippen LogP contribution in [0, 0.1) is 0 Å². The molecule has 1 aliphatic rings. The summed E-state index contributed by atoms with van der Waals surface area (Å²) in [6, 6.07) is 4.78. The lowest BCUT2D eigenvalue weighted by atomic mass is 10.1. The number of carbonyl (C=O) groups excluding carboxylic acids is 2. The lowest BCUT2D eigenvalue weighted by molar-refractivity contribution is -0.140. The van der Waals surface area contributed by atoms with Crippen molar-refractivity contribution < 1.29 is 14.3 Å². The molecule has 1 fully saturated rings. The molecular formula is C15H19ClN2O3. The molecular weight excluding hydrogens is 292 g/mol. The average Bonchev–Trinajstić information content (AvgIpc) is 2.47. The van der Waals surface area contributed by atoms with Gasteiger partial charge in [0.2, 0.25) is 0 Å². The zero-order chi connectivity index (χ0) is 15.4. The van der Waals surface area contributed by atoms with E-state index in [4.69, 9.17) is 22.1 Å². The van der Waals surface area contributed by atoms with Crippen LogP contribution in [0.5, 0.6) is 0 Å². The molecule has 0 radical (unpaired) electrons. The molecule has 1 saturated heterocycles. The summed E-state index contributed by atoms with van der Waals surface area (Å²) in [4.78, 5) is 26.1. The van der Waals surface area contributed by atoms with Crippen LogP contribution in [0.3, 0.4) is 0 Å². The molecule has 6 heteroatoms. The van der Waals surface area contributed by atoms with E-state index in [1.54, 1.807) is 30.0 Å². The minimum absolute atomic E-state index is 0.109. The van der Waals surface area contributed by atoms with Gasteiger partial charge in [-0.15, -0.1) is 0 Å². The molecule has 2 rings (SSSR count). The number of amides is 1. The molecule has 1 aromatic rings. The first-order valence-electron chi connectivity index (χ1n) is 7.04. The molecule has 0 spiro atoms. The molecule has 0 bridgehead atoms. The number of halogens is 1. The second-order valence-electron chi connectivity index (χ2n) is 5.14. The quantitative estimate of drug-likeness (QED) is 0.687. The van der Waals surface area contributed by atoms with Gasteiger partial charge in [0.25, 0.3) is 5.91 Å². The van der Waals surface area contributed by atoms with Crippen molar-refractivity contribution in [3.63, 3.8) is 0 Å². The number of ether oxygens (including phenoxy) is 1. The SMILES string of the molecule is CC(OC(=O)c1c(N)cccc1Cl)C(=O)N1CCCCC1. The number of esters is 1. The summed E-state index contributed by atoms with van der Waals surface area (Å²) in [6.45, 7) is 3.01. The number of nitrogens with zero attached hydrogens (tertiary/aromatic N) is 1. The Labute approximate surface area is 129 Å².